The van der Waals surface area contributed by atoms with E-state index in [1.54, 1.807) is 0 Å². The van der Waals surface area contributed by atoms with E-state index >= 15 is 0 Å². The summed E-state index contributed by atoms with van der Waals surface area (Å²) in [5.74, 6) is 0. The van der Waals surface area contributed by atoms with Crippen molar-refractivity contribution in [2.75, 3.05) is 0 Å². The van der Waals surface area contributed by atoms with Gasteiger partial charge in [0.2, 0.25) is 0 Å². The van der Waals surface area contributed by atoms with Gasteiger partial charge in [0.1, 0.15) is 0 Å². The molecule has 0 aliphatic rings. The molecule has 0 aromatic carbocycles. The van der Waals surface area contributed by atoms with Gasteiger partial charge in [0.25, 0.3) is 0 Å². The minimum absolute atomic E-state index is 0. The molecule has 0 radical (unpaired) electrons. The molecular formula is H4OPRbTi. The molecule has 0 fully saturated rings. The Hall–Kier alpha value is 2.91. The molecule has 0 saturated carbocycles. The maximum Gasteiger partial charge on any atom is 0 e. The van der Waals surface area contributed by atoms with Crippen molar-refractivity contribution in [1.29, 1.82) is 0 Å². The van der Waals surface area contributed by atoms with Gasteiger partial charge in [0.15, 0.2) is 0 Å². The fraction of sp³-hybridized carbons (Fsp3) is 0. The quantitative estimate of drug-likeness (QED) is 0.383. The van der Waals surface area contributed by atoms with E-state index in [-0.39, 0.29) is 79.9 Å². The van der Waals surface area contributed by atoms with Crippen molar-refractivity contribution in [3.8, 4) is 0 Å². The molecule has 0 bridgehead atoms. The Morgan fingerprint density at radius 1 is 1.25 bits per heavy atom. The first-order chi connectivity index (χ1) is 1.00. The fourth-order valence-electron chi connectivity index (χ4n) is 0. The first-order valence-electron chi connectivity index (χ1n) is 0.258. The maximum atomic E-state index is 6.92. The summed E-state index contributed by atoms with van der Waals surface area (Å²) < 4.78 is 0. The number of hydrogen-bond donors (Lipinski definition) is 1. The Morgan fingerprint density at radius 3 is 1.25 bits per heavy atom. The van der Waals surface area contributed by atoms with Crippen molar-refractivity contribution in [2.45, 2.75) is 0 Å². The number of rotatable bonds is 0. The molecule has 4 heavy (non-hydrogen) atoms. The van der Waals surface area contributed by atoms with Crippen LogP contribution in [0.3, 0.4) is 0 Å². The average Bonchev–Trinajstić information content (AvgIpc) is 1.00. The smallest absolute Gasteiger partial charge is 0 e. The Bertz CT molecular complexity index is 8.00. The molecular weight excluding hydrogens is 180 g/mol. The van der Waals surface area contributed by atoms with E-state index in [0.717, 1.165) is 0 Å². The van der Waals surface area contributed by atoms with Gasteiger partial charge in [-0.2, -0.15) is 0 Å². The molecule has 0 spiro atoms. The summed E-state index contributed by atoms with van der Waals surface area (Å²) in [6, 6.07) is 0. The predicted octanol–water partition coefficient (Wildman–Crippen LogP) is -0.882. The van der Waals surface area contributed by atoms with Gasteiger partial charge in [-0.15, -0.1) is 0 Å². The van der Waals surface area contributed by atoms with Gasteiger partial charge in [0, 0.05) is 21.7 Å². The molecule has 1 atom stereocenters. The van der Waals surface area contributed by atoms with Crippen LogP contribution >= 0.6 is 9.47 Å². The molecule has 0 amide bonds. The summed E-state index contributed by atoms with van der Waals surface area (Å²) in [6.07, 6.45) is 0. The van der Waals surface area contributed by atoms with Crippen LogP contribution < -0.4 is 0 Å². The van der Waals surface area contributed by atoms with Crippen molar-refractivity contribution < 1.29 is 26.6 Å². The van der Waals surface area contributed by atoms with Crippen LogP contribution in [0.15, 0.2) is 0 Å². The largest absolute Gasteiger partial charge is 0 e. The van der Waals surface area contributed by atoms with Crippen LogP contribution in [0.4, 0.5) is 0 Å². The zero-order valence-electron chi connectivity index (χ0n) is 1.52. The third kappa shape index (κ3) is 8.86. The molecule has 0 aliphatic heterocycles. The van der Waals surface area contributed by atoms with E-state index in [1.807, 2.05) is 0 Å². The van der Waals surface area contributed by atoms with E-state index in [0.29, 0.717) is 0 Å². The molecule has 1 nitrogen and oxygen atoms in total. The van der Waals surface area contributed by atoms with Gasteiger partial charge >= 0.3 is 58.2 Å². The minimum Gasteiger partial charge on any atom is 0 e. The molecule has 0 aliphatic carbocycles. The van der Waals surface area contributed by atoms with Gasteiger partial charge in [0.05, 0.1) is 0 Å². The molecule has 0 aromatic rings. The van der Waals surface area contributed by atoms with Gasteiger partial charge < -0.3 is 4.89 Å². The fourth-order valence-corrected chi connectivity index (χ4v) is 0. The Labute approximate surface area is 91.9 Å². The van der Waals surface area contributed by atoms with Crippen LogP contribution in [0.25, 0.3) is 0 Å². The zero-order chi connectivity index (χ0) is 2.00. The van der Waals surface area contributed by atoms with Crippen molar-refractivity contribution in [3.05, 3.63) is 0 Å². The summed E-state index contributed by atoms with van der Waals surface area (Å²) in [7, 11) is 1.42. The van der Waals surface area contributed by atoms with Gasteiger partial charge in [-0.25, -0.2) is 0 Å². The first kappa shape index (κ1) is 15.8. The predicted molar refractivity (Wildman–Crippen MR) is 19.1 cm³/mol. The van der Waals surface area contributed by atoms with Gasteiger partial charge in [-0.3, -0.25) is 0 Å². The summed E-state index contributed by atoms with van der Waals surface area (Å²) in [5.41, 5.74) is 0. The third-order valence-electron chi connectivity index (χ3n) is 0. The molecule has 1 N–H and O–H groups in total. The average molecular weight is 184 g/mol. The molecule has 0 saturated heterocycles. The van der Waals surface area contributed by atoms with E-state index in [9.17, 15) is 0 Å². The Morgan fingerprint density at radius 2 is 1.25 bits per heavy atom. The van der Waals surface area contributed by atoms with Crippen LogP contribution in [0.1, 0.15) is 0 Å². The molecule has 4 heteroatoms. The second kappa shape index (κ2) is 16.8. The maximum absolute atomic E-state index is 6.92. The first-order valence-corrected chi connectivity index (χ1v) is 0.775. The zero-order valence-corrected chi connectivity index (χ0v) is 4.24. The Balaban J connectivity index is -0.00000000500. The SMILES string of the molecule is OP.[RbH].[Ti]. The second-order valence-electron chi connectivity index (χ2n) is 0. The van der Waals surface area contributed by atoms with Crippen LogP contribution in [-0.4, -0.2) is 63.1 Å². The second-order valence-corrected chi connectivity index (χ2v) is 0. The summed E-state index contributed by atoms with van der Waals surface area (Å²) in [6.45, 7) is 0. The molecule has 1 unspecified atom stereocenters. The summed E-state index contributed by atoms with van der Waals surface area (Å²) in [5, 5.41) is 0. The molecule has 0 aromatic heterocycles. The summed E-state index contributed by atoms with van der Waals surface area (Å²) >= 11 is 0. The monoisotopic (exact) mass is 184 g/mol. The normalized spacial score (nSPS) is 1.50. The van der Waals surface area contributed by atoms with E-state index in [2.05, 4.69) is 0 Å². The number of hydrogen-bond acceptors (Lipinski definition) is 1. The third-order valence-corrected chi connectivity index (χ3v) is 0. The molecule has 0 heterocycles. The topological polar surface area (TPSA) is 20.2 Å². The minimum atomic E-state index is 0. The van der Waals surface area contributed by atoms with E-state index < -0.39 is 0 Å². The molecule has 0 rings (SSSR count). The summed E-state index contributed by atoms with van der Waals surface area (Å²) in [4.78, 5) is 6.92. The Kier molecular flexibility index (Phi) is 66.4. The van der Waals surface area contributed by atoms with E-state index in [1.165, 1.54) is 9.47 Å². The molecule has 20 valence electrons. The van der Waals surface area contributed by atoms with Crippen molar-refractivity contribution in [2.24, 2.45) is 0 Å². The van der Waals surface area contributed by atoms with Crippen molar-refractivity contribution in [3.63, 3.8) is 0 Å². The van der Waals surface area contributed by atoms with Crippen LogP contribution in [0.5, 0.6) is 0 Å². The van der Waals surface area contributed by atoms with Crippen LogP contribution in [-0.2, 0) is 21.7 Å². The van der Waals surface area contributed by atoms with E-state index in [4.69, 9.17) is 4.89 Å². The van der Waals surface area contributed by atoms with Gasteiger partial charge in [-0.1, -0.05) is 0 Å². The van der Waals surface area contributed by atoms with Gasteiger partial charge in [-0.05, 0) is 9.47 Å². The van der Waals surface area contributed by atoms with Crippen molar-refractivity contribution in [1.82, 2.24) is 0 Å². The van der Waals surface area contributed by atoms with Crippen LogP contribution in [0.2, 0.25) is 0 Å². The standard InChI is InChI=1S/H3OP.Rb.Ti.H/c1-2;;;/h1H,2H2;;;. The van der Waals surface area contributed by atoms with Crippen LogP contribution in [0, 0.1) is 0 Å². The van der Waals surface area contributed by atoms with Crippen molar-refractivity contribution >= 4 is 67.7 Å².